The van der Waals surface area contributed by atoms with Crippen molar-refractivity contribution in [3.63, 3.8) is 0 Å². The fraction of sp³-hybridized carbons (Fsp3) is 0.929. The second kappa shape index (κ2) is 6.39. The lowest BCUT2D eigenvalue weighted by Gasteiger charge is -2.40. The largest absolute Gasteiger partial charge is 0.396 e. The third kappa shape index (κ3) is 3.98. The fourth-order valence-corrected chi connectivity index (χ4v) is 2.42. The smallest absolute Gasteiger partial charge is 0.222 e. The zero-order valence-electron chi connectivity index (χ0n) is 11.5. The average molecular weight is 241 g/mol. The molecule has 3 heteroatoms. The van der Waals surface area contributed by atoms with Gasteiger partial charge < -0.3 is 10.0 Å². The van der Waals surface area contributed by atoms with Gasteiger partial charge in [-0.1, -0.05) is 20.8 Å². The zero-order valence-corrected chi connectivity index (χ0v) is 11.5. The van der Waals surface area contributed by atoms with Crippen molar-refractivity contribution < 1.29 is 9.90 Å². The molecular weight excluding hydrogens is 214 g/mol. The summed E-state index contributed by atoms with van der Waals surface area (Å²) < 4.78 is 0. The van der Waals surface area contributed by atoms with Crippen LogP contribution in [-0.2, 0) is 4.79 Å². The zero-order chi connectivity index (χ0) is 12.9. The van der Waals surface area contributed by atoms with E-state index in [4.69, 9.17) is 0 Å². The highest BCUT2D eigenvalue weighted by Crippen LogP contribution is 2.34. The van der Waals surface area contributed by atoms with Gasteiger partial charge in [-0.25, -0.2) is 0 Å². The Hall–Kier alpha value is -0.570. The van der Waals surface area contributed by atoms with E-state index < -0.39 is 0 Å². The molecule has 0 aromatic carbocycles. The molecule has 1 fully saturated rings. The molecule has 1 aliphatic rings. The van der Waals surface area contributed by atoms with Gasteiger partial charge in [0, 0.05) is 26.1 Å². The van der Waals surface area contributed by atoms with Crippen molar-refractivity contribution in [1.29, 1.82) is 0 Å². The first-order chi connectivity index (χ1) is 8.03. The molecule has 0 aliphatic carbocycles. The van der Waals surface area contributed by atoms with E-state index in [0.717, 1.165) is 38.8 Å². The Balaban J connectivity index is 2.38. The Kier molecular flexibility index (Phi) is 5.44. The Bertz CT molecular complexity index is 237. The number of aliphatic hydroxyl groups is 1. The number of aliphatic hydroxyl groups excluding tert-OH is 1. The molecule has 0 unspecified atom stereocenters. The third-order valence-corrected chi connectivity index (χ3v) is 4.20. The third-order valence-electron chi connectivity index (χ3n) is 4.20. The molecule has 0 saturated carbocycles. The van der Waals surface area contributed by atoms with E-state index in [2.05, 4.69) is 20.8 Å². The van der Waals surface area contributed by atoms with Crippen molar-refractivity contribution in [1.82, 2.24) is 4.90 Å². The number of carbonyl (C=O) groups is 1. The summed E-state index contributed by atoms with van der Waals surface area (Å²) in [5.41, 5.74) is 0.0782. The summed E-state index contributed by atoms with van der Waals surface area (Å²) in [6, 6.07) is 0. The maximum Gasteiger partial charge on any atom is 0.222 e. The molecule has 1 heterocycles. The van der Waals surface area contributed by atoms with Gasteiger partial charge in [0.05, 0.1) is 0 Å². The Labute approximate surface area is 105 Å². The number of rotatable bonds is 5. The van der Waals surface area contributed by atoms with Crippen LogP contribution >= 0.6 is 0 Å². The molecule has 1 saturated heterocycles. The summed E-state index contributed by atoms with van der Waals surface area (Å²) in [5, 5.41) is 9.44. The highest BCUT2D eigenvalue weighted by molar-refractivity contribution is 5.76. The monoisotopic (exact) mass is 241 g/mol. The lowest BCUT2D eigenvalue weighted by atomic mass is 9.77. The summed E-state index contributed by atoms with van der Waals surface area (Å²) in [7, 11) is 0. The van der Waals surface area contributed by atoms with Gasteiger partial charge in [-0.3, -0.25) is 4.79 Å². The van der Waals surface area contributed by atoms with E-state index in [1.807, 2.05) is 4.90 Å². The molecule has 1 aliphatic heterocycles. The molecule has 3 nitrogen and oxygen atoms in total. The van der Waals surface area contributed by atoms with Gasteiger partial charge in [0.2, 0.25) is 5.91 Å². The van der Waals surface area contributed by atoms with Crippen LogP contribution in [0.15, 0.2) is 0 Å². The molecule has 1 N–H and O–H groups in total. The number of hydrogen-bond acceptors (Lipinski definition) is 2. The summed E-state index contributed by atoms with van der Waals surface area (Å²) >= 11 is 0. The van der Waals surface area contributed by atoms with E-state index in [1.165, 1.54) is 0 Å². The SMILES string of the molecule is CCC1(CO)CCN(C(=O)CCC(C)C)CC1. The Morgan fingerprint density at radius 1 is 1.35 bits per heavy atom. The van der Waals surface area contributed by atoms with Gasteiger partial charge in [0.25, 0.3) is 0 Å². The molecule has 0 bridgehead atoms. The van der Waals surface area contributed by atoms with Crippen LogP contribution in [0.4, 0.5) is 0 Å². The Morgan fingerprint density at radius 3 is 2.35 bits per heavy atom. The molecule has 0 radical (unpaired) electrons. The van der Waals surface area contributed by atoms with Crippen LogP contribution in [0.5, 0.6) is 0 Å². The van der Waals surface area contributed by atoms with Crippen molar-refractivity contribution in [2.24, 2.45) is 11.3 Å². The second-order valence-electron chi connectivity index (χ2n) is 5.82. The standard InChI is InChI=1S/C14H27NO2/c1-4-14(11-16)7-9-15(10-8-14)13(17)6-5-12(2)3/h12,16H,4-11H2,1-3H3. The lowest BCUT2D eigenvalue weighted by molar-refractivity contribution is -0.134. The number of carbonyl (C=O) groups excluding carboxylic acids is 1. The number of amides is 1. The van der Waals surface area contributed by atoms with Crippen LogP contribution in [0.3, 0.4) is 0 Å². The van der Waals surface area contributed by atoms with E-state index >= 15 is 0 Å². The van der Waals surface area contributed by atoms with Crippen molar-refractivity contribution in [3.8, 4) is 0 Å². The minimum Gasteiger partial charge on any atom is -0.396 e. The summed E-state index contributed by atoms with van der Waals surface area (Å²) in [4.78, 5) is 13.9. The number of piperidine rings is 1. The molecule has 0 spiro atoms. The maximum absolute atomic E-state index is 12.0. The van der Waals surface area contributed by atoms with Gasteiger partial charge in [0.15, 0.2) is 0 Å². The topological polar surface area (TPSA) is 40.5 Å². The van der Waals surface area contributed by atoms with Crippen LogP contribution < -0.4 is 0 Å². The number of hydrogen-bond donors (Lipinski definition) is 1. The first-order valence-corrected chi connectivity index (χ1v) is 6.91. The van der Waals surface area contributed by atoms with Crippen LogP contribution in [0.2, 0.25) is 0 Å². The molecule has 0 aromatic heterocycles. The predicted octanol–water partition coefficient (Wildman–Crippen LogP) is 2.43. The number of likely N-dealkylation sites (tertiary alicyclic amines) is 1. The van der Waals surface area contributed by atoms with Crippen LogP contribution in [0.1, 0.15) is 52.9 Å². The quantitative estimate of drug-likeness (QED) is 0.803. The predicted molar refractivity (Wildman–Crippen MR) is 69.7 cm³/mol. The molecule has 1 amide bonds. The van der Waals surface area contributed by atoms with E-state index in [0.29, 0.717) is 18.2 Å². The summed E-state index contributed by atoms with van der Waals surface area (Å²) in [5.74, 6) is 0.886. The van der Waals surface area contributed by atoms with Crippen molar-refractivity contribution in [2.75, 3.05) is 19.7 Å². The molecule has 0 atom stereocenters. The van der Waals surface area contributed by atoms with Gasteiger partial charge in [-0.2, -0.15) is 0 Å². The summed E-state index contributed by atoms with van der Waals surface area (Å²) in [6.45, 7) is 8.34. The van der Waals surface area contributed by atoms with E-state index in [9.17, 15) is 9.90 Å². The average Bonchev–Trinajstić information content (AvgIpc) is 2.36. The van der Waals surface area contributed by atoms with Crippen molar-refractivity contribution in [3.05, 3.63) is 0 Å². The van der Waals surface area contributed by atoms with Gasteiger partial charge in [-0.05, 0) is 37.0 Å². The van der Waals surface area contributed by atoms with Crippen molar-refractivity contribution in [2.45, 2.75) is 52.9 Å². The minimum atomic E-state index is 0.0782. The highest BCUT2D eigenvalue weighted by Gasteiger charge is 2.33. The normalized spacial score (nSPS) is 19.7. The second-order valence-corrected chi connectivity index (χ2v) is 5.82. The van der Waals surface area contributed by atoms with Crippen LogP contribution in [0.25, 0.3) is 0 Å². The van der Waals surface area contributed by atoms with E-state index in [1.54, 1.807) is 0 Å². The van der Waals surface area contributed by atoms with Crippen LogP contribution in [0, 0.1) is 11.3 Å². The first kappa shape index (κ1) is 14.5. The molecule has 100 valence electrons. The van der Waals surface area contributed by atoms with Crippen LogP contribution in [-0.4, -0.2) is 35.6 Å². The summed E-state index contributed by atoms with van der Waals surface area (Å²) in [6.07, 6.45) is 4.57. The minimum absolute atomic E-state index is 0.0782. The van der Waals surface area contributed by atoms with Gasteiger partial charge in [0.1, 0.15) is 0 Å². The fourth-order valence-electron chi connectivity index (χ4n) is 2.42. The van der Waals surface area contributed by atoms with Crippen molar-refractivity contribution >= 4 is 5.91 Å². The highest BCUT2D eigenvalue weighted by atomic mass is 16.3. The van der Waals surface area contributed by atoms with Gasteiger partial charge >= 0.3 is 0 Å². The molecule has 17 heavy (non-hydrogen) atoms. The first-order valence-electron chi connectivity index (χ1n) is 6.91. The lowest BCUT2D eigenvalue weighted by Crippen LogP contribution is -2.44. The van der Waals surface area contributed by atoms with E-state index in [-0.39, 0.29) is 12.0 Å². The molecule has 0 aromatic rings. The molecule has 1 rings (SSSR count). The van der Waals surface area contributed by atoms with Gasteiger partial charge in [-0.15, -0.1) is 0 Å². The number of nitrogens with zero attached hydrogens (tertiary/aromatic N) is 1. The Morgan fingerprint density at radius 2 is 1.94 bits per heavy atom. The maximum atomic E-state index is 12.0. The molecular formula is C14H27NO2.